The molecule has 8 heteroatoms. The van der Waals surface area contributed by atoms with Crippen LogP contribution in [0.5, 0.6) is 0 Å². The number of rotatable bonds is 5. The third-order valence-electron chi connectivity index (χ3n) is 6.36. The SMILES string of the molecule is Cc1ccc(-n2ncc(C(=O)Nc3ccc(CC#N)cc3)c2C2CCN(C(=O)OC(C)(C)C)CC2)cc1. The largest absolute Gasteiger partial charge is 0.444 e. The van der Waals surface area contributed by atoms with Crippen LogP contribution in [0.1, 0.15) is 66.7 Å². The van der Waals surface area contributed by atoms with Crippen LogP contribution in [0, 0.1) is 18.3 Å². The number of aryl methyl sites for hydroxylation is 1. The summed E-state index contributed by atoms with van der Waals surface area (Å²) in [6, 6.07) is 17.4. The Labute approximate surface area is 217 Å². The first-order valence-corrected chi connectivity index (χ1v) is 12.5. The minimum absolute atomic E-state index is 0.0428. The number of aromatic nitrogens is 2. The number of piperidine rings is 1. The average molecular weight is 500 g/mol. The lowest BCUT2D eigenvalue weighted by Crippen LogP contribution is -2.41. The molecule has 0 aliphatic carbocycles. The van der Waals surface area contributed by atoms with Crippen LogP contribution in [0.25, 0.3) is 5.69 Å². The van der Waals surface area contributed by atoms with Crippen molar-refractivity contribution in [2.24, 2.45) is 0 Å². The molecule has 1 aromatic heterocycles. The Morgan fingerprint density at radius 1 is 1.08 bits per heavy atom. The maximum Gasteiger partial charge on any atom is 0.410 e. The number of likely N-dealkylation sites (tertiary alicyclic amines) is 1. The van der Waals surface area contributed by atoms with Gasteiger partial charge in [-0.3, -0.25) is 4.79 Å². The highest BCUT2D eigenvalue weighted by Crippen LogP contribution is 2.33. The van der Waals surface area contributed by atoms with Crippen molar-refractivity contribution in [3.05, 3.63) is 77.1 Å². The summed E-state index contributed by atoms with van der Waals surface area (Å²) in [6.07, 6.45) is 3.02. The monoisotopic (exact) mass is 499 g/mol. The van der Waals surface area contributed by atoms with E-state index in [2.05, 4.69) is 16.5 Å². The molecular weight excluding hydrogens is 466 g/mol. The standard InChI is InChI=1S/C29H33N5O3/c1-20-5-11-24(12-6-20)34-26(22-14-17-33(18-15-22)28(36)37-29(2,3)4)25(19-31-34)27(35)32-23-9-7-21(8-10-23)13-16-30/h5-12,19,22H,13-15,17-18H2,1-4H3,(H,32,35). The molecule has 1 aliphatic heterocycles. The molecular formula is C29H33N5O3. The lowest BCUT2D eigenvalue weighted by Gasteiger charge is -2.34. The van der Waals surface area contributed by atoms with E-state index < -0.39 is 5.60 Å². The Hall–Kier alpha value is -4.12. The van der Waals surface area contributed by atoms with E-state index in [0.29, 0.717) is 43.6 Å². The normalized spacial score (nSPS) is 14.2. The number of hydrogen-bond acceptors (Lipinski definition) is 5. The molecule has 4 rings (SSSR count). The van der Waals surface area contributed by atoms with E-state index in [4.69, 9.17) is 10.00 Å². The molecule has 37 heavy (non-hydrogen) atoms. The highest BCUT2D eigenvalue weighted by atomic mass is 16.6. The van der Waals surface area contributed by atoms with E-state index in [0.717, 1.165) is 22.5 Å². The summed E-state index contributed by atoms with van der Waals surface area (Å²) >= 11 is 0. The zero-order valence-corrected chi connectivity index (χ0v) is 21.8. The Kier molecular flexibility index (Phi) is 7.63. The molecule has 1 fully saturated rings. The Morgan fingerprint density at radius 3 is 2.32 bits per heavy atom. The lowest BCUT2D eigenvalue weighted by atomic mass is 9.90. The van der Waals surface area contributed by atoms with Crippen LogP contribution in [0.4, 0.5) is 10.5 Å². The third-order valence-corrected chi connectivity index (χ3v) is 6.36. The molecule has 2 heterocycles. The number of amides is 2. The van der Waals surface area contributed by atoms with Crippen LogP contribution < -0.4 is 5.32 Å². The smallest absolute Gasteiger partial charge is 0.410 e. The number of nitriles is 1. The number of carbonyl (C=O) groups excluding carboxylic acids is 2. The van der Waals surface area contributed by atoms with Gasteiger partial charge in [-0.2, -0.15) is 10.4 Å². The predicted octanol–water partition coefficient (Wildman–Crippen LogP) is 5.61. The molecule has 1 N–H and O–H groups in total. The number of benzene rings is 2. The van der Waals surface area contributed by atoms with Crippen molar-refractivity contribution in [3.63, 3.8) is 0 Å². The Morgan fingerprint density at radius 2 is 1.73 bits per heavy atom. The second-order valence-corrected chi connectivity index (χ2v) is 10.4. The molecule has 0 bridgehead atoms. The zero-order valence-electron chi connectivity index (χ0n) is 21.8. The quantitative estimate of drug-likeness (QED) is 0.492. The van der Waals surface area contributed by atoms with Gasteiger partial charge in [0, 0.05) is 24.7 Å². The number of hydrogen-bond donors (Lipinski definition) is 1. The van der Waals surface area contributed by atoms with E-state index in [1.54, 1.807) is 23.2 Å². The maximum atomic E-state index is 13.4. The summed E-state index contributed by atoms with van der Waals surface area (Å²) in [5, 5.41) is 16.5. The van der Waals surface area contributed by atoms with Gasteiger partial charge in [-0.1, -0.05) is 29.8 Å². The van der Waals surface area contributed by atoms with E-state index in [9.17, 15) is 9.59 Å². The van der Waals surface area contributed by atoms with Crippen LogP contribution in [0.15, 0.2) is 54.7 Å². The molecule has 0 spiro atoms. The molecule has 1 aliphatic rings. The second-order valence-electron chi connectivity index (χ2n) is 10.4. The first-order chi connectivity index (χ1) is 17.6. The van der Waals surface area contributed by atoms with Crippen molar-refractivity contribution in [1.29, 1.82) is 5.26 Å². The van der Waals surface area contributed by atoms with Crippen molar-refractivity contribution in [3.8, 4) is 11.8 Å². The average Bonchev–Trinajstić information content (AvgIpc) is 3.30. The van der Waals surface area contributed by atoms with Crippen LogP contribution in [-0.2, 0) is 11.2 Å². The molecule has 0 radical (unpaired) electrons. The van der Waals surface area contributed by atoms with Crippen LogP contribution in [-0.4, -0.2) is 45.4 Å². The topological polar surface area (TPSA) is 100 Å². The van der Waals surface area contributed by atoms with Crippen molar-refractivity contribution < 1.29 is 14.3 Å². The number of nitrogens with zero attached hydrogens (tertiary/aromatic N) is 4. The third kappa shape index (κ3) is 6.36. The van der Waals surface area contributed by atoms with E-state index in [1.165, 1.54) is 0 Å². The second kappa shape index (κ2) is 10.9. The van der Waals surface area contributed by atoms with Crippen molar-refractivity contribution in [1.82, 2.24) is 14.7 Å². The molecule has 2 aromatic carbocycles. The first kappa shape index (κ1) is 26.0. The summed E-state index contributed by atoms with van der Waals surface area (Å²) < 4.78 is 7.39. The summed E-state index contributed by atoms with van der Waals surface area (Å²) in [7, 11) is 0. The van der Waals surface area contributed by atoms with E-state index >= 15 is 0 Å². The van der Waals surface area contributed by atoms with Crippen molar-refractivity contribution >= 4 is 17.7 Å². The van der Waals surface area contributed by atoms with Gasteiger partial charge < -0.3 is 15.0 Å². The summed E-state index contributed by atoms with van der Waals surface area (Å²) in [6.45, 7) is 8.69. The van der Waals surface area contributed by atoms with Gasteiger partial charge in [-0.15, -0.1) is 0 Å². The van der Waals surface area contributed by atoms with Crippen molar-refractivity contribution in [2.45, 2.75) is 58.5 Å². The van der Waals surface area contributed by atoms with Gasteiger partial charge in [-0.05, 0) is 70.4 Å². The molecule has 0 unspecified atom stereocenters. The van der Waals surface area contributed by atoms with Gasteiger partial charge in [0.05, 0.1) is 35.6 Å². The highest BCUT2D eigenvalue weighted by Gasteiger charge is 2.32. The van der Waals surface area contributed by atoms with Crippen LogP contribution in [0.2, 0.25) is 0 Å². The number of ether oxygens (including phenoxy) is 1. The maximum absolute atomic E-state index is 13.4. The number of carbonyl (C=O) groups is 2. The first-order valence-electron chi connectivity index (χ1n) is 12.5. The molecule has 0 saturated carbocycles. The van der Waals surface area contributed by atoms with Gasteiger partial charge in [-0.25, -0.2) is 9.48 Å². The lowest BCUT2D eigenvalue weighted by molar-refractivity contribution is 0.0203. The van der Waals surface area contributed by atoms with Gasteiger partial charge in [0.2, 0.25) is 0 Å². The number of nitrogens with one attached hydrogen (secondary N) is 1. The molecule has 2 amide bonds. The zero-order chi connectivity index (χ0) is 26.6. The fourth-order valence-electron chi connectivity index (χ4n) is 4.48. The summed E-state index contributed by atoms with van der Waals surface area (Å²) in [4.78, 5) is 27.7. The molecule has 8 nitrogen and oxygen atoms in total. The van der Waals surface area contributed by atoms with Gasteiger partial charge >= 0.3 is 6.09 Å². The van der Waals surface area contributed by atoms with Gasteiger partial charge in [0.25, 0.3) is 5.91 Å². The Balaban J connectivity index is 1.59. The minimum atomic E-state index is -0.546. The Bertz CT molecular complexity index is 1290. The predicted molar refractivity (Wildman–Crippen MR) is 142 cm³/mol. The molecule has 192 valence electrons. The van der Waals surface area contributed by atoms with Crippen molar-refractivity contribution in [2.75, 3.05) is 18.4 Å². The fraction of sp³-hybridized carbons (Fsp3) is 0.379. The van der Waals surface area contributed by atoms with Gasteiger partial charge in [0.1, 0.15) is 5.60 Å². The highest BCUT2D eigenvalue weighted by molar-refractivity contribution is 6.05. The summed E-state index contributed by atoms with van der Waals surface area (Å²) in [5.41, 5.74) is 4.38. The molecule has 1 saturated heterocycles. The van der Waals surface area contributed by atoms with Gasteiger partial charge in [0.15, 0.2) is 0 Å². The van der Waals surface area contributed by atoms with E-state index in [1.807, 2.05) is 68.8 Å². The number of anilines is 1. The van der Waals surface area contributed by atoms with E-state index in [-0.39, 0.29) is 17.9 Å². The van der Waals surface area contributed by atoms with Crippen LogP contribution >= 0.6 is 0 Å². The minimum Gasteiger partial charge on any atom is -0.444 e. The fourth-order valence-corrected chi connectivity index (χ4v) is 4.48. The molecule has 3 aromatic rings. The summed E-state index contributed by atoms with van der Waals surface area (Å²) in [5.74, 6) is -0.197. The molecule has 0 atom stereocenters. The van der Waals surface area contributed by atoms with Crippen LogP contribution in [0.3, 0.4) is 0 Å².